The molecule has 0 radical (unpaired) electrons. The van der Waals surface area contributed by atoms with Gasteiger partial charge in [0.05, 0.1) is 0 Å². The Labute approximate surface area is 144 Å². The molecule has 0 bridgehead atoms. The van der Waals surface area contributed by atoms with Gasteiger partial charge in [0, 0.05) is 24.9 Å². The predicted molar refractivity (Wildman–Crippen MR) is 97.2 cm³/mol. The molecule has 0 aliphatic carbocycles. The number of hydrogen-bond donors (Lipinski definition) is 1. The molecule has 0 spiro atoms. The third-order valence-corrected chi connectivity index (χ3v) is 4.07. The van der Waals surface area contributed by atoms with Crippen LogP contribution in [0.4, 0.5) is 0 Å². The van der Waals surface area contributed by atoms with E-state index in [0.29, 0.717) is 12.1 Å². The lowest BCUT2D eigenvalue weighted by molar-refractivity contribution is -0.121. The number of aryl methyl sites for hydroxylation is 2. The molecule has 0 saturated carbocycles. The summed E-state index contributed by atoms with van der Waals surface area (Å²) in [5, 5.41) is 2.89. The van der Waals surface area contributed by atoms with Gasteiger partial charge in [0.1, 0.15) is 0 Å². The van der Waals surface area contributed by atoms with E-state index in [1.807, 2.05) is 42.5 Å². The van der Waals surface area contributed by atoms with E-state index in [1.165, 1.54) is 11.1 Å². The smallest absolute Gasteiger partial charge is 0.220 e. The zero-order chi connectivity index (χ0) is 17.2. The SMILES string of the molecule is CCc1ccc(C(=O)CCC(=O)NCCCc2ccccc2)cc1. The van der Waals surface area contributed by atoms with Crippen molar-refractivity contribution in [3.8, 4) is 0 Å². The third kappa shape index (κ3) is 5.99. The molecule has 2 rings (SSSR count). The number of benzene rings is 2. The largest absolute Gasteiger partial charge is 0.356 e. The molecule has 0 atom stereocenters. The van der Waals surface area contributed by atoms with E-state index in [-0.39, 0.29) is 24.5 Å². The first-order chi connectivity index (χ1) is 11.7. The molecule has 0 unspecified atom stereocenters. The number of hydrogen-bond acceptors (Lipinski definition) is 2. The molecular weight excluding hydrogens is 298 g/mol. The van der Waals surface area contributed by atoms with Crippen LogP contribution < -0.4 is 5.32 Å². The van der Waals surface area contributed by atoms with Gasteiger partial charge in [0.2, 0.25) is 5.91 Å². The molecule has 24 heavy (non-hydrogen) atoms. The molecule has 2 aromatic rings. The lowest BCUT2D eigenvalue weighted by Crippen LogP contribution is -2.25. The molecule has 126 valence electrons. The Bertz CT molecular complexity index is 647. The van der Waals surface area contributed by atoms with Crippen molar-refractivity contribution in [3.05, 3.63) is 71.3 Å². The summed E-state index contributed by atoms with van der Waals surface area (Å²) in [6.45, 7) is 2.73. The van der Waals surface area contributed by atoms with E-state index >= 15 is 0 Å². The number of amides is 1. The molecular formula is C21H25NO2. The summed E-state index contributed by atoms with van der Waals surface area (Å²) in [5.74, 6) is -0.0290. The van der Waals surface area contributed by atoms with Gasteiger partial charge in [-0.15, -0.1) is 0 Å². The number of rotatable bonds is 9. The first-order valence-corrected chi connectivity index (χ1v) is 8.62. The van der Waals surface area contributed by atoms with Crippen molar-refractivity contribution in [3.63, 3.8) is 0 Å². The maximum atomic E-state index is 12.1. The number of carbonyl (C=O) groups excluding carboxylic acids is 2. The number of carbonyl (C=O) groups is 2. The van der Waals surface area contributed by atoms with Gasteiger partial charge in [-0.25, -0.2) is 0 Å². The van der Waals surface area contributed by atoms with Crippen molar-refractivity contribution in [1.29, 1.82) is 0 Å². The summed E-state index contributed by atoms with van der Waals surface area (Å²) >= 11 is 0. The fourth-order valence-electron chi connectivity index (χ4n) is 2.55. The van der Waals surface area contributed by atoms with Gasteiger partial charge in [-0.05, 0) is 30.4 Å². The molecule has 3 heteroatoms. The monoisotopic (exact) mass is 323 g/mol. The second-order valence-corrected chi connectivity index (χ2v) is 5.91. The second-order valence-electron chi connectivity index (χ2n) is 5.91. The van der Waals surface area contributed by atoms with E-state index in [9.17, 15) is 9.59 Å². The van der Waals surface area contributed by atoms with Crippen molar-refractivity contribution in [1.82, 2.24) is 5.32 Å². The van der Waals surface area contributed by atoms with Crippen molar-refractivity contribution in [2.75, 3.05) is 6.54 Å². The van der Waals surface area contributed by atoms with Crippen molar-refractivity contribution in [2.24, 2.45) is 0 Å². The molecule has 0 fully saturated rings. The van der Waals surface area contributed by atoms with Crippen LogP contribution in [0.2, 0.25) is 0 Å². The van der Waals surface area contributed by atoms with Crippen molar-refractivity contribution >= 4 is 11.7 Å². The molecule has 0 aliphatic heterocycles. The summed E-state index contributed by atoms with van der Waals surface area (Å²) in [7, 11) is 0. The molecule has 3 nitrogen and oxygen atoms in total. The molecule has 2 aromatic carbocycles. The Hall–Kier alpha value is -2.42. The van der Waals surface area contributed by atoms with E-state index in [4.69, 9.17) is 0 Å². The molecule has 1 N–H and O–H groups in total. The Morgan fingerprint density at radius 2 is 1.58 bits per heavy atom. The average Bonchev–Trinajstić information content (AvgIpc) is 2.64. The van der Waals surface area contributed by atoms with Crippen LogP contribution in [-0.4, -0.2) is 18.2 Å². The van der Waals surface area contributed by atoms with Gasteiger partial charge in [0.25, 0.3) is 0 Å². The topological polar surface area (TPSA) is 46.2 Å². The van der Waals surface area contributed by atoms with E-state index in [0.717, 1.165) is 19.3 Å². The van der Waals surface area contributed by atoms with Crippen LogP contribution >= 0.6 is 0 Å². The molecule has 0 aliphatic rings. The summed E-state index contributed by atoms with van der Waals surface area (Å²) < 4.78 is 0. The first-order valence-electron chi connectivity index (χ1n) is 8.62. The number of nitrogens with one attached hydrogen (secondary N) is 1. The van der Waals surface area contributed by atoms with Crippen LogP contribution in [0.15, 0.2) is 54.6 Å². The zero-order valence-corrected chi connectivity index (χ0v) is 14.3. The minimum atomic E-state index is -0.0541. The minimum Gasteiger partial charge on any atom is -0.356 e. The average molecular weight is 323 g/mol. The van der Waals surface area contributed by atoms with Gasteiger partial charge >= 0.3 is 0 Å². The zero-order valence-electron chi connectivity index (χ0n) is 14.3. The molecule has 1 amide bonds. The Morgan fingerprint density at radius 1 is 0.875 bits per heavy atom. The summed E-state index contributed by atoms with van der Waals surface area (Å²) in [5.41, 5.74) is 3.17. The molecule has 0 saturated heterocycles. The maximum absolute atomic E-state index is 12.1. The highest BCUT2D eigenvalue weighted by Crippen LogP contribution is 2.09. The van der Waals surface area contributed by atoms with Gasteiger partial charge in [-0.2, -0.15) is 0 Å². The lowest BCUT2D eigenvalue weighted by Gasteiger charge is -2.06. The van der Waals surface area contributed by atoms with Gasteiger partial charge < -0.3 is 5.32 Å². The lowest BCUT2D eigenvalue weighted by atomic mass is 10.0. The molecule has 0 heterocycles. The Morgan fingerprint density at radius 3 is 2.25 bits per heavy atom. The van der Waals surface area contributed by atoms with Crippen LogP contribution in [0, 0.1) is 0 Å². The van der Waals surface area contributed by atoms with Crippen molar-refractivity contribution < 1.29 is 9.59 Å². The van der Waals surface area contributed by atoms with Crippen molar-refractivity contribution in [2.45, 2.75) is 39.0 Å². The van der Waals surface area contributed by atoms with Crippen LogP contribution in [0.3, 0.4) is 0 Å². The quantitative estimate of drug-likeness (QED) is 0.561. The molecule has 0 aromatic heterocycles. The van der Waals surface area contributed by atoms with E-state index < -0.39 is 0 Å². The van der Waals surface area contributed by atoms with E-state index in [2.05, 4.69) is 24.4 Å². The highest BCUT2D eigenvalue weighted by Gasteiger charge is 2.09. The second kappa shape index (κ2) is 9.66. The van der Waals surface area contributed by atoms with E-state index in [1.54, 1.807) is 0 Å². The highest BCUT2D eigenvalue weighted by atomic mass is 16.2. The third-order valence-electron chi connectivity index (χ3n) is 4.07. The summed E-state index contributed by atoms with van der Waals surface area (Å²) in [4.78, 5) is 23.9. The highest BCUT2D eigenvalue weighted by molar-refractivity contribution is 5.97. The predicted octanol–water partition coefficient (Wildman–Crippen LogP) is 3.96. The Balaban J connectivity index is 1.64. The minimum absolute atomic E-state index is 0.0251. The fourth-order valence-corrected chi connectivity index (χ4v) is 2.55. The standard InChI is InChI=1S/C21H25NO2/c1-2-17-10-12-19(13-11-17)20(23)14-15-21(24)22-16-6-9-18-7-4-3-5-8-18/h3-5,7-8,10-13H,2,6,9,14-16H2,1H3,(H,22,24). The van der Waals surface area contributed by atoms with Crippen LogP contribution in [0.1, 0.15) is 47.7 Å². The summed E-state index contributed by atoms with van der Waals surface area (Å²) in [6, 6.07) is 17.8. The van der Waals surface area contributed by atoms with Gasteiger partial charge in [0.15, 0.2) is 5.78 Å². The normalized spacial score (nSPS) is 10.4. The maximum Gasteiger partial charge on any atom is 0.220 e. The van der Waals surface area contributed by atoms with Gasteiger partial charge in [-0.1, -0.05) is 61.5 Å². The van der Waals surface area contributed by atoms with Crippen LogP contribution in [0.25, 0.3) is 0 Å². The summed E-state index contributed by atoms with van der Waals surface area (Å²) in [6.07, 6.45) is 3.32. The van der Waals surface area contributed by atoms with Crippen LogP contribution in [-0.2, 0) is 17.6 Å². The number of Topliss-reactive ketones (excluding diaryl/α,β-unsaturated/α-hetero) is 1. The fraction of sp³-hybridized carbons (Fsp3) is 0.333. The first kappa shape index (κ1) is 17.9. The number of ketones is 1. The van der Waals surface area contributed by atoms with Crippen LogP contribution in [0.5, 0.6) is 0 Å². The van der Waals surface area contributed by atoms with Gasteiger partial charge in [-0.3, -0.25) is 9.59 Å². The Kier molecular flexibility index (Phi) is 7.21.